The Morgan fingerprint density at radius 3 is 2.38 bits per heavy atom. The summed E-state index contributed by atoms with van der Waals surface area (Å²) < 4.78 is 5.22. The van der Waals surface area contributed by atoms with Gasteiger partial charge in [-0.05, 0) is 47.5 Å². The Labute approximate surface area is 153 Å². The van der Waals surface area contributed by atoms with Crippen LogP contribution in [0.15, 0.2) is 66.7 Å². The van der Waals surface area contributed by atoms with Crippen molar-refractivity contribution in [1.29, 1.82) is 0 Å². The first-order valence-electron chi connectivity index (χ1n) is 8.52. The Morgan fingerprint density at radius 2 is 1.69 bits per heavy atom. The first kappa shape index (κ1) is 17.8. The fraction of sp³-hybridized carbons (Fsp3) is 0.190. The number of hydrogen-bond donors (Lipinski definition) is 1. The number of carbonyl (C=O) groups is 1. The van der Waals surface area contributed by atoms with Crippen LogP contribution in [0.3, 0.4) is 0 Å². The molecule has 1 N–H and O–H groups in total. The third-order valence-corrected chi connectivity index (χ3v) is 4.33. The van der Waals surface area contributed by atoms with Crippen LogP contribution in [-0.4, -0.2) is 29.8 Å². The number of methoxy groups -OCH3 is 1. The van der Waals surface area contributed by atoms with Crippen LogP contribution < -0.4 is 9.80 Å². The van der Waals surface area contributed by atoms with Crippen LogP contribution in [0.2, 0.25) is 0 Å². The van der Waals surface area contributed by atoms with Crippen LogP contribution in [0.4, 0.5) is 10.5 Å². The average molecular weight is 350 g/mol. The van der Waals surface area contributed by atoms with Gasteiger partial charge < -0.3 is 9.64 Å². The minimum absolute atomic E-state index is 0.430. The molecule has 0 aliphatic carbocycles. The standard InChI is InChI=1S/C21H22N2O3/c1-3-22(15-16-7-5-4-6-8-16)21(24)23(25)19-11-9-18-14-20(26-2)12-10-17(18)13-19/h4-14,25H,3,15H2,1-2H3. The van der Waals surface area contributed by atoms with Crippen LogP contribution in [-0.2, 0) is 6.54 Å². The van der Waals surface area contributed by atoms with Crippen molar-refractivity contribution >= 4 is 22.5 Å². The summed E-state index contributed by atoms with van der Waals surface area (Å²) in [6, 6.07) is 20.3. The number of benzene rings is 3. The Balaban J connectivity index is 1.81. The summed E-state index contributed by atoms with van der Waals surface area (Å²) in [6.45, 7) is 2.83. The minimum atomic E-state index is -0.454. The largest absolute Gasteiger partial charge is 0.497 e. The highest BCUT2D eigenvalue weighted by molar-refractivity contribution is 5.94. The molecule has 0 aromatic heterocycles. The quantitative estimate of drug-likeness (QED) is 0.537. The SMILES string of the molecule is CCN(Cc1ccccc1)C(=O)N(O)c1ccc2cc(OC)ccc2c1. The molecule has 5 heteroatoms. The molecule has 0 saturated carbocycles. The molecule has 26 heavy (non-hydrogen) atoms. The van der Waals surface area contributed by atoms with E-state index in [4.69, 9.17) is 4.74 Å². The van der Waals surface area contributed by atoms with Gasteiger partial charge in [-0.25, -0.2) is 4.79 Å². The number of hydrogen-bond acceptors (Lipinski definition) is 3. The van der Waals surface area contributed by atoms with E-state index in [-0.39, 0.29) is 0 Å². The molecule has 0 unspecified atom stereocenters. The fourth-order valence-corrected chi connectivity index (χ4v) is 2.83. The normalized spacial score (nSPS) is 10.6. The topological polar surface area (TPSA) is 53.0 Å². The van der Waals surface area contributed by atoms with E-state index in [9.17, 15) is 10.0 Å². The van der Waals surface area contributed by atoms with E-state index < -0.39 is 6.03 Å². The molecule has 3 rings (SSSR count). The molecule has 0 aliphatic rings. The van der Waals surface area contributed by atoms with Crippen LogP contribution >= 0.6 is 0 Å². The van der Waals surface area contributed by atoms with Gasteiger partial charge in [0.15, 0.2) is 0 Å². The van der Waals surface area contributed by atoms with Gasteiger partial charge in [-0.1, -0.05) is 42.5 Å². The molecule has 0 fully saturated rings. The van der Waals surface area contributed by atoms with Crippen molar-refractivity contribution in [3.8, 4) is 5.75 Å². The summed E-state index contributed by atoms with van der Waals surface area (Å²) in [5.41, 5.74) is 1.45. The summed E-state index contributed by atoms with van der Waals surface area (Å²) in [6.07, 6.45) is 0. The Morgan fingerprint density at radius 1 is 1.00 bits per heavy atom. The van der Waals surface area contributed by atoms with Crippen LogP contribution in [0.25, 0.3) is 10.8 Å². The highest BCUT2D eigenvalue weighted by Gasteiger charge is 2.20. The molecule has 3 aromatic carbocycles. The van der Waals surface area contributed by atoms with E-state index in [2.05, 4.69) is 0 Å². The third kappa shape index (κ3) is 3.78. The predicted octanol–water partition coefficient (Wildman–Crippen LogP) is 4.69. The second-order valence-electron chi connectivity index (χ2n) is 5.99. The summed E-state index contributed by atoms with van der Waals surface area (Å²) in [5.74, 6) is 0.766. The minimum Gasteiger partial charge on any atom is -0.497 e. The molecule has 134 valence electrons. The van der Waals surface area contributed by atoms with Gasteiger partial charge in [0, 0.05) is 13.1 Å². The summed E-state index contributed by atoms with van der Waals surface area (Å²) >= 11 is 0. The molecule has 0 heterocycles. The molecule has 0 bridgehead atoms. The molecular weight excluding hydrogens is 328 g/mol. The second-order valence-corrected chi connectivity index (χ2v) is 5.99. The van der Waals surface area contributed by atoms with Gasteiger partial charge in [-0.2, -0.15) is 5.06 Å². The van der Waals surface area contributed by atoms with Crippen LogP contribution in [0.1, 0.15) is 12.5 Å². The summed E-state index contributed by atoms with van der Waals surface area (Å²) in [4.78, 5) is 14.3. The lowest BCUT2D eigenvalue weighted by molar-refractivity contribution is 0.166. The van der Waals surface area contributed by atoms with Gasteiger partial charge in [0.05, 0.1) is 12.8 Å². The number of nitrogens with zero attached hydrogens (tertiary/aromatic N) is 2. The number of rotatable bonds is 5. The number of fused-ring (bicyclic) bond motifs is 1. The number of ether oxygens (including phenoxy) is 1. The second kappa shape index (κ2) is 7.89. The molecule has 0 aliphatic heterocycles. The number of urea groups is 1. The molecule has 0 radical (unpaired) electrons. The lowest BCUT2D eigenvalue weighted by atomic mass is 10.1. The van der Waals surface area contributed by atoms with Gasteiger partial charge >= 0.3 is 6.03 Å². The molecule has 0 atom stereocenters. The highest BCUT2D eigenvalue weighted by atomic mass is 16.5. The third-order valence-electron chi connectivity index (χ3n) is 4.33. The first-order valence-corrected chi connectivity index (χ1v) is 8.52. The lowest BCUT2D eigenvalue weighted by Crippen LogP contribution is -2.41. The lowest BCUT2D eigenvalue weighted by Gasteiger charge is -2.26. The summed E-state index contributed by atoms with van der Waals surface area (Å²) in [5, 5.41) is 13.0. The maximum absolute atomic E-state index is 12.7. The van der Waals surface area contributed by atoms with Gasteiger partial charge in [-0.3, -0.25) is 5.21 Å². The number of amides is 2. The van der Waals surface area contributed by atoms with Crippen molar-refractivity contribution in [3.63, 3.8) is 0 Å². The van der Waals surface area contributed by atoms with E-state index in [1.807, 2.05) is 61.5 Å². The zero-order valence-corrected chi connectivity index (χ0v) is 14.9. The van der Waals surface area contributed by atoms with Crippen molar-refractivity contribution in [2.75, 3.05) is 18.7 Å². The van der Waals surface area contributed by atoms with Crippen molar-refractivity contribution < 1.29 is 14.7 Å². The summed E-state index contributed by atoms with van der Waals surface area (Å²) in [7, 11) is 1.62. The van der Waals surface area contributed by atoms with E-state index >= 15 is 0 Å². The van der Waals surface area contributed by atoms with E-state index in [1.54, 1.807) is 24.1 Å². The van der Waals surface area contributed by atoms with Crippen molar-refractivity contribution in [2.24, 2.45) is 0 Å². The average Bonchev–Trinajstić information content (AvgIpc) is 2.70. The number of hydroxylamine groups is 1. The zero-order valence-electron chi connectivity index (χ0n) is 14.9. The fourth-order valence-electron chi connectivity index (χ4n) is 2.83. The van der Waals surface area contributed by atoms with Crippen LogP contribution in [0.5, 0.6) is 5.75 Å². The monoisotopic (exact) mass is 350 g/mol. The molecule has 0 spiro atoms. The predicted molar refractivity (Wildman–Crippen MR) is 103 cm³/mol. The molecular formula is C21H22N2O3. The maximum atomic E-state index is 12.7. The van der Waals surface area contributed by atoms with Crippen molar-refractivity contribution in [2.45, 2.75) is 13.5 Å². The smallest absolute Gasteiger partial charge is 0.348 e. The molecule has 3 aromatic rings. The van der Waals surface area contributed by atoms with Crippen molar-refractivity contribution in [1.82, 2.24) is 4.90 Å². The Kier molecular flexibility index (Phi) is 5.39. The van der Waals surface area contributed by atoms with Gasteiger partial charge in [0.2, 0.25) is 0 Å². The number of anilines is 1. The highest BCUT2D eigenvalue weighted by Crippen LogP contribution is 2.25. The zero-order chi connectivity index (χ0) is 18.5. The van der Waals surface area contributed by atoms with Crippen LogP contribution in [0, 0.1) is 0 Å². The molecule has 2 amide bonds. The molecule has 0 saturated heterocycles. The molecule has 5 nitrogen and oxygen atoms in total. The Hall–Kier alpha value is -3.05. The van der Waals surface area contributed by atoms with E-state index in [0.29, 0.717) is 23.8 Å². The van der Waals surface area contributed by atoms with E-state index in [1.165, 1.54) is 0 Å². The number of carbonyl (C=O) groups excluding carboxylic acids is 1. The maximum Gasteiger partial charge on any atom is 0.348 e. The van der Waals surface area contributed by atoms with Crippen molar-refractivity contribution in [3.05, 3.63) is 72.3 Å². The first-order chi connectivity index (χ1) is 12.6. The van der Waals surface area contributed by atoms with Gasteiger partial charge in [-0.15, -0.1) is 0 Å². The van der Waals surface area contributed by atoms with E-state index in [0.717, 1.165) is 22.1 Å². The van der Waals surface area contributed by atoms with Gasteiger partial charge in [0.1, 0.15) is 5.75 Å². The van der Waals surface area contributed by atoms with Gasteiger partial charge in [0.25, 0.3) is 0 Å². The Bertz CT molecular complexity index is 896.